The lowest BCUT2D eigenvalue weighted by atomic mass is 10.1. The van der Waals surface area contributed by atoms with Gasteiger partial charge < -0.3 is 10.1 Å². The van der Waals surface area contributed by atoms with E-state index in [1.54, 1.807) is 0 Å². The van der Waals surface area contributed by atoms with E-state index in [2.05, 4.69) is 27.3 Å². The fraction of sp³-hybridized carbons (Fsp3) is 0.571. The van der Waals surface area contributed by atoms with Crippen LogP contribution >= 0.6 is 15.9 Å². The van der Waals surface area contributed by atoms with E-state index in [4.69, 9.17) is 4.74 Å². The van der Waals surface area contributed by atoms with E-state index in [1.165, 1.54) is 12.8 Å². The third-order valence-electron chi connectivity index (χ3n) is 3.00. The highest BCUT2D eigenvalue weighted by Gasteiger charge is 2.21. The molecular formula is C14H19BrFNO. The molecule has 0 atom stereocenters. The lowest BCUT2D eigenvalue weighted by Gasteiger charge is -2.15. The molecule has 1 aliphatic carbocycles. The fourth-order valence-electron chi connectivity index (χ4n) is 1.91. The first-order valence-corrected chi connectivity index (χ1v) is 7.21. The number of rotatable bonds is 7. The summed E-state index contributed by atoms with van der Waals surface area (Å²) in [5.74, 6) is 0.903. The Morgan fingerprint density at radius 1 is 1.44 bits per heavy atom. The van der Waals surface area contributed by atoms with Gasteiger partial charge in [-0.05, 0) is 37.5 Å². The molecule has 4 heteroatoms. The molecule has 0 heterocycles. The van der Waals surface area contributed by atoms with Gasteiger partial charge in [0.1, 0.15) is 5.75 Å². The molecule has 0 radical (unpaired) electrons. The second kappa shape index (κ2) is 6.53. The molecule has 2 rings (SSSR count). The summed E-state index contributed by atoms with van der Waals surface area (Å²) in [6, 6.07) is 4.78. The van der Waals surface area contributed by atoms with Crippen molar-refractivity contribution in [2.24, 2.45) is 0 Å². The van der Waals surface area contributed by atoms with Crippen LogP contribution < -0.4 is 10.1 Å². The number of ether oxygens (including phenoxy) is 1. The smallest absolute Gasteiger partial charge is 0.126 e. The van der Waals surface area contributed by atoms with Crippen molar-refractivity contribution in [1.82, 2.24) is 5.32 Å². The summed E-state index contributed by atoms with van der Waals surface area (Å²) in [5, 5.41) is 3.48. The largest absolute Gasteiger partial charge is 0.493 e. The Hall–Kier alpha value is -0.610. The first kappa shape index (κ1) is 13.8. The monoisotopic (exact) mass is 315 g/mol. The number of nitrogens with one attached hydrogen (secondary N) is 1. The quantitative estimate of drug-likeness (QED) is 0.774. The van der Waals surface area contributed by atoms with Gasteiger partial charge in [-0.2, -0.15) is 0 Å². The Bertz CT molecular complexity index is 407. The van der Waals surface area contributed by atoms with Crippen molar-refractivity contribution in [1.29, 1.82) is 0 Å². The van der Waals surface area contributed by atoms with Crippen molar-refractivity contribution in [2.75, 3.05) is 13.3 Å². The zero-order chi connectivity index (χ0) is 13.0. The number of benzene rings is 1. The molecule has 0 saturated heterocycles. The zero-order valence-electron chi connectivity index (χ0n) is 10.6. The van der Waals surface area contributed by atoms with Crippen molar-refractivity contribution in [3.8, 4) is 5.75 Å². The highest BCUT2D eigenvalue weighted by Crippen LogP contribution is 2.29. The first-order chi connectivity index (χ1) is 8.70. The molecule has 1 fully saturated rings. The number of aryl methyl sites for hydroxylation is 1. The minimum atomic E-state index is -0.328. The van der Waals surface area contributed by atoms with Crippen LogP contribution in [0.5, 0.6) is 5.75 Å². The maximum absolute atomic E-state index is 12.1. The second-order valence-electron chi connectivity index (χ2n) is 4.76. The van der Waals surface area contributed by atoms with E-state index in [0.29, 0.717) is 19.1 Å². The van der Waals surface area contributed by atoms with Crippen molar-refractivity contribution in [2.45, 2.75) is 38.8 Å². The van der Waals surface area contributed by atoms with E-state index < -0.39 is 0 Å². The van der Waals surface area contributed by atoms with Crippen LogP contribution in [0.4, 0.5) is 4.39 Å². The molecule has 18 heavy (non-hydrogen) atoms. The lowest BCUT2D eigenvalue weighted by molar-refractivity contribution is 0.285. The highest BCUT2D eigenvalue weighted by atomic mass is 79.9. The van der Waals surface area contributed by atoms with Crippen LogP contribution in [0.25, 0.3) is 0 Å². The molecule has 0 aliphatic heterocycles. The first-order valence-electron chi connectivity index (χ1n) is 6.42. The SMILES string of the molecule is Cc1cc(Br)cc(CNC2CC2)c1OCCCF. The summed E-state index contributed by atoms with van der Waals surface area (Å²) in [6.07, 6.45) is 2.99. The Morgan fingerprint density at radius 2 is 2.22 bits per heavy atom. The molecule has 1 aromatic carbocycles. The maximum Gasteiger partial charge on any atom is 0.126 e. The van der Waals surface area contributed by atoms with E-state index in [-0.39, 0.29) is 6.67 Å². The number of hydrogen-bond donors (Lipinski definition) is 1. The van der Waals surface area contributed by atoms with Gasteiger partial charge in [-0.15, -0.1) is 0 Å². The summed E-state index contributed by atoms with van der Waals surface area (Å²) in [5.41, 5.74) is 2.24. The van der Waals surface area contributed by atoms with E-state index in [0.717, 1.165) is 27.9 Å². The summed E-state index contributed by atoms with van der Waals surface area (Å²) in [4.78, 5) is 0. The predicted molar refractivity (Wildman–Crippen MR) is 74.8 cm³/mol. The van der Waals surface area contributed by atoms with Crippen LogP contribution in [0.15, 0.2) is 16.6 Å². The molecule has 1 aliphatic rings. The third-order valence-corrected chi connectivity index (χ3v) is 3.46. The van der Waals surface area contributed by atoms with Gasteiger partial charge >= 0.3 is 0 Å². The average Bonchev–Trinajstić information content (AvgIpc) is 3.13. The molecule has 0 spiro atoms. The minimum Gasteiger partial charge on any atom is -0.493 e. The Morgan fingerprint density at radius 3 is 2.89 bits per heavy atom. The maximum atomic E-state index is 12.1. The molecule has 1 saturated carbocycles. The minimum absolute atomic E-state index is 0.328. The third kappa shape index (κ3) is 3.95. The van der Waals surface area contributed by atoms with E-state index >= 15 is 0 Å². The topological polar surface area (TPSA) is 21.3 Å². The Labute approximate surface area is 116 Å². The Kier molecular flexibility index (Phi) is 5.01. The van der Waals surface area contributed by atoms with E-state index in [9.17, 15) is 4.39 Å². The van der Waals surface area contributed by atoms with Gasteiger partial charge in [-0.1, -0.05) is 15.9 Å². The molecule has 0 aromatic heterocycles. The van der Waals surface area contributed by atoms with Gasteiger partial charge in [0, 0.05) is 29.0 Å². The Balaban J connectivity index is 2.06. The number of hydrogen-bond acceptors (Lipinski definition) is 2. The predicted octanol–water partition coefficient (Wildman–Crippen LogP) is 3.75. The summed E-state index contributed by atoms with van der Waals surface area (Å²) < 4.78 is 18.9. The molecular weight excluding hydrogens is 297 g/mol. The van der Waals surface area contributed by atoms with Crippen molar-refractivity contribution in [3.05, 3.63) is 27.7 Å². The summed E-state index contributed by atoms with van der Waals surface area (Å²) in [6.45, 7) is 2.95. The highest BCUT2D eigenvalue weighted by molar-refractivity contribution is 9.10. The molecule has 1 N–H and O–H groups in total. The van der Waals surface area contributed by atoms with Crippen LogP contribution in [-0.4, -0.2) is 19.3 Å². The second-order valence-corrected chi connectivity index (χ2v) is 5.67. The molecule has 2 nitrogen and oxygen atoms in total. The molecule has 100 valence electrons. The molecule has 0 bridgehead atoms. The zero-order valence-corrected chi connectivity index (χ0v) is 12.2. The van der Waals surface area contributed by atoms with Gasteiger partial charge in [0.25, 0.3) is 0 Å². The lowest BCUT2D eigenvalue weighted by Crippen LogP contribution is -2.16. The van der Waals surface area contributed by atoms with Crippen molar-refractivity contribution >= 4 is 15.9 Å². The normalized spacial score (nSPS) is 14.8. The van der Waals surface area contributed by atoms with Crippen molar-refractivity contribution in [3.63, 3.8) is 0 Å². The average molecular weight is 316 g/mol. The van der Waals surface area contributed by atoms with Gasteiger partial charge in [-0.25, -0.2) is 0 Å². The van der Waals surface area contributed by atoms with Crippen LogP contribution in [0.2, 0.25) is 0 Å². The van der Waals surface area contributed by atoms with Crippen molar-refractivity contribution < 1.29 is 9.13 Å². The van der Waals surface area contributed by atoms with Gasteiger partial charge in [0.05, 0.1) is 13.3 Å². The summed E-state index contributed by atoms with van der Waals surface area (Å²) >= 11 is 3.51. The number of alkyl halides is 1. The van der Waals surface area contributed by atoms with Crippen LogP contribution in [0.1, 0.15) is 30.4 Å². The summed E-state index contributed by atoms with van der Waals surface area (Å²) in [7, 11) is 0. The molecule has 1 aromatic rings. The van der Waals surface area contributed by atoms with Crippen LogP contribution in [0, 0.1) is 6.92 Å². The van der Waals surface area contributed by atoms with Gasteiger partial charge in [0.15, 0.2) is 0 Å². The molecule has 0 unspecified atom stereocenters. The van der Waals surface area contributed by atoms with Gasteiger partial charge in [0.2, 0.25) is 0 Å². The fourth-order valence-corrected chi connectivity index (χ4v) is 2.53. The van der Waals surface area contributed by atoms with E-state index in [1.807, 2.05) is 13.0 Å². The van der Waals surface area contributed by atoms with Crippen LogP contribution in [0.3, 0.4) is 0 Å². The number of halogens is 2. The standard InChI is InChI=1S/C14H19BrFNO/c1-10-7-12(15)8-11(9-17-13-3-4-13)14(10)18-6-2-5-16/h7-8,13,17H,2-6,9H2,1H3. The van der Waals surface area contributed by atoms with Crippen LogP contribution in [-0.2, 0) is 6.54 Å². The van der Waals surface area contributed by atoms with Gasteiger partial charge in [-0.3, -0.25) is 4.39 Å². The molecule has 0 amide bonds.